The van der Waals surface area contributed by atoms with Crippen molar-refractivity contribution >= 4 is 85.1 Å². The molecule has 18 nitrogen and oxygen atoms in total. The summed E-state index contributed by atoms with van der Waals surface area (Å²) in [6, 6.07) is 11.4. The molecule has 0 amide bonds. The lowest BCUT2D eigenvalue weighted by molar-refractivity contribution is -0.438. The third kappa shape index (κ3) is 10.8. The summed E-state index contributed by atoms with van der Waals surface area (Å²) in [7, 11) is -16.2. The molecule has 0 aliphatic carbocycles. The number of unbranched alkanes of at least 4 members (excludes halogenated alkanes) is 2. The maximum absolute atomic E-state index is 12.7. The van der Waals surface area contributed by atoms with Gasteiger partial charge in [-0.15, -0.1) is 0 Å². The maximum Gasteiger partial charge on any atom is 0.303 e. The molecule has 0 radical (unpaired) electrons. The molecule has 2 aliphatic rings. The standard InChI is InChI=1S/C45H54N2O16S4/c1-44(2)39(46(20-8-6-7-13-41(48)49)36-16-14-32-29(18-22-62-4)25-30(65(53,54)55)26-34(32)42(36)44)11-9-12-40-45(3,19-10-24-64(50,51)52)43-35-27-31(66(56,57)58)28-38(67(59,60)61)33(35)15-17-37(43)47(40)21-23-63-5/h9,11-12,14-17,25-28H,6-8,10,13,18-24H2,1-5H3,(H4-,48,49,50,51,52,53,54,55,56,57,58,59,60,61)/p+1. The third-order valence-corrected chi connectivity index (χ3v) is 16.0. The van der Waals surface area contributed by atoms with Gasteiger partial charge in [-0.05, 0) is 123 Å². The van der Waals surface area contributed by atoms with Gasteiger partial charge in [-0.2, -0.15) is 38.2 Å². The molecule has 2 aliphatic heterocycles. The van der Waals surface area contributed by atoms with E-state index in [0.717, 1.165) is 28.4 Å². The number of carbonyl (C=O) groups is 1. The number of carboxylic acids is 1. The molecule has 0 saturated carbocycles. The van der Waals surface area contributed by atoms with Gasteiger partial charge in [0.05, 0.1) is 34.2 Å². The van der Waals surface area contributed by atoms with Gasteiger partial charge in [0.25, 0.3) is 40.5 Å². The van der Waals surface area contributed by atoms with Gasteiger partial charge < -0.3 is 19.5 Å². The maximum atomic E-state index is 12.7. The van der Waals surface area contributed by atoms with Crippen LogP contribution in [0.2, 0.25) is 0 Å². The van der Waals surface area contributed by atoms with Crippen LogP contribution in [-0.4, -0.2) is 120 Å². The highest BCUT2D eigenvalue weighted by Gasteiger charge is 2.47. The predicted octanol–water partition coefficient (Wildman–Crippen LogP) is 6.48. The molecule has 0 spiro atoms. The molecule has 22 heteroatoms. The first kappa shape index (κ1) is 51.8. The number of fused-ring (bicyclic) bond motifs is 6. The zero-order valence-corrected chi connectivity index (χ0v) is 40.9. The van der Waals surface area contributed by atoms with Crippen LogP contribution in [0.4, 0.5) is 11.4 Å². The molecule has 0 aromatic heterocycles. The van der Waals surface area contributed by atoms with E-state index in [-0.39, 0.29) is 54.7 Å². The number of anilines is 1. The quantitative estimate of drug-likeness (QED) is 0.0339. The van der Waals surface area contributed by atoms with Gasteiger partial charge in [-0.1, -0.05) is 12.1 Å². The zero-order chi connectivity index (χ0) is 49.5. The van der Waals surface area contributed by atoms with E-state index in [4.69, 9.17) is 9.47 Å². The summed E-state index contributed by atoms with van der Waals surface area (Å²) in [5.41, 5.74) is 2.16. The Bertz CT molecular complexity index is 3200. The highest BCUT2D eigenvalue weighted by atomic mass is 32.2. The van der Waals surface area contributed by atoms with Crippen LogP contribution < -0.4 is 4.90 Å². The minimum atomic E-state index is -5.08. The monoisotopic (exact) mass is 1010 g/mol. The van der Waals surface area contributed by atoms with Crippen molar-refractivity contribution in [3.05, 3.63) is 89.1 Å². The summed E-state index contributed by atoms with van der Waals surface area (Å²) in [5, 5.41) is 10.6. The van der Waals surface area contributed by atoms with E-state index in [1.165, 1.54) is 32.4 Å². The van der Waals surface area contributed by atoms with Gasteiger partial charge in [0.1, 0.15) is 11.4 Å². The van der Waals surface area contributed by atoms with Crippen LogP contribution in [-0.2, 0) is 72.0 Å². The minimum absolute atomic E-state index is 0.00281. The van der Waals surface area contributed by atoms with Crippen LogP contribution in [0.25, 0.3) is 21.5 Å². The molecule has 1 unspecified atom stereocenters. The van der Waals surface area contributed by atoms with Crippen molar-refractivity contribution < 1.29 is 75.8 Å². The minimum Gasteiger partial charge on any atom is -0.481 e. The Labute approximate surface area is 390 Å². The molecule has 6 rings (SSSR count). The van der Waals surface area contributed by atoms with Gasteiger partial charge >= 0.3 is 5.97 Å². The number of nitrogens with zero attached hydrogens (tertiary/aromatic N) is 2. The second-order valence-corrected chi connectivity index (χ2v) is 23.2. The summed E-state index contributed by atoms with van der Waals surface area (Å²) in [5.74, 6) is -1.56. The van der Waals surface area contributed by atoms with Gasteiger partial charge in [-0.3, -0.25) is 23.0 Å². The van der Waals surface area contributed by atoms with Crippen LogP contribution in [0.3, 0.4) is 0 Å². The number of methoxy groups -OCH3 is 2. The topological polar surface area (TPSA) is 279 Å². The summed E-state index contributed by atoms with van der Waals surface area (Å²) < 4.78 is 153. The lowest BCUT2D eigenvalue weighted by atomic mass is 9.75. The Morgan fingerprint density at radius 3 is 1.96 bits per heavy atom. The number of allylic oxidation sites excluding steroid dienone is 4. The van der Waals surface area contributed by atoms with E-state index >= 15 is 0 Å². The molecule has 1 atom stereocenters. The Balaban J connectivity index is 1.60. The molecule has 0 saturated heterocycles. The Morgan fingerprint density at radius 2 is 1.36 bits per heavy atom. The highest BCUT2D eigenvalue weighted by molar-refractivity contribution is 7.87. The second kappa shape index (κ2) is 19.4. The first-order valence-electron chi connectivity index (χ1n) is 21.2. The molecule has 67 heavy (non-hydrogen) atoms. The number of carboxylic acid groups (broad SMARTS) is 1. The van der Waals surface area contributed by atoms with Crippen LogP contribution in [0, 0.1) is 0 Å². The van der Waals surface area contributed by atoms with Gasteiger partial charge in [-0.25, -0.2) is 0 Å². The number of benzene rings is 4. The van der Waals surface area contributed by atoms with Crippen molar-refractivity contribution in [2.24, 2.45) is 0 Å². The SMILES string of the molecule is COCCc1cc(S(=O)(=O)O)cc2c3c(ccc12)[N+](CCCCCC(=O)O)=C(/C=C/C=C1/N(CCOC)c2ccc4c(S(=O)(=O)O)cc(S(=O)(=O)O)cc4c2C1(C)CCCS(=O)(=O)O)C3(C)C. The number of rotatable bonds is 21. The Hall–Kier alpha value is -4.62. The molecule has 4 aromatic rings. The van der Waals surface area contributed by atoms with Crippen molar-refractivity contribution in [3.63, 3.8) is 0 Å². The first-order valence-corrected chi connectivity index (χ1v) is 27.2. The number of aliphatic carboxylic acids is 1. The average Bonchev–Trinajstić information content (AvgIpc) is 3.58. The largest absolute Gasteiger partial charge is 0.481 e. The Morgan fingerprint density at radius 1 is 0.731 bits per heavy atom. The fourth-order valence-electron chi connectivity index (χ4n) is 9.65. The fraction of sp³-hybridized carbons (Fsp3) is 0.422. The van der Waals surface area contributed by atoms with Crippen molar-refractivity contribution in [1.29, 1.82) is 0 Å². The highest BCUT2D eigenvalue weighted by Crippen LogP contribution is 2.54. The van der Waals surface area contributed by atoms with E-state index in [9.17, 15) is 61.8 Å². The summed E-state index contributed by atoms with van der Waals surface area (Å²) in [4.78, 5) is 11.3. The summed E-state index contributed by atoms with van der Waals surface area (Å²) in [6.07, 6.45) is 7.26. The molecular weight excluding hydrogens is 953 g/mol. The Kier molecular flexibility index (Phi) is 15.0. The van der Waals surface area contributed by atoms with E-state index in [0.29, 0.717) is 66.2 Å². The van der Waals surface area contributed by atoms with Crippen LogP contribution in [0.15, 0.2) is 87.1 Å². The molecule has 0 fully saturated rings. The van der Waals surface area contributed by atoms with Gasteiger partial charge in [0.15, 0.2) is 5.71 Å². The molecule has 5 N–H and O–H groups in total. The van der Waals surface area contributed by atoms with Gasteiger partial charge in [0, 0.05) is 73.5 Å². The fourth-order valence-corrected chi connectivity index (χ4v) is 12.1. The zero-order valence-electron chi connectivity index (χ0n) is 37.6. The van der Waals surface area contributed by atoms with Gasteiger partial charge in [0.2, 0.25) is 5.69 Å². The van der Waals surface area contributed by atoms with Crippen LogP contribution in [0.5, 0.6) is 0 Å². The summed E-state index contributed by atoms with van der Waals surface area (Å²) in [6.45, 7) is 6.75. The molecule has 2 heterocycles. The smallest absolute Gasteiger partial charge is 0.303 e. The molecule has 364 valence electrons. The van der Waals surface area contributed by atoms with E-state index in [1.807, 2.05) is 37.0 Å². The van der Waals surface area contributed by atoms with Crippen LogP contribution in [0.1, 0.15) is 76.0 Å². The number of ether oxygens (including phenoxy) is 2. The molecule has 4 aromatic carbocycles. The van der Waals surface area contributed by atoms with E-state index in [2.05, 4.69) is 4.58 Å². The normalized spacial score (nSPS) is 18.2. The lowest BCUT2D eigenvalue weighted by Crippen LogP contribution is -2.31. The van der Waals surface area contributed by atoms with Crippen molar-refractivity contribution in [2.75, 3.05) is 51.2 Å². The third-order valence-electron chi connectivity index (χ3n) is 12.6. The summed E-state index contributed by atoms with van der Waals surface area (Å²) >= 11 is 0. The molecule has 0 bridgehead atoms. The van der Waals surface area contributed by atoms with Crippen molar-refractivity contribution in [3.8, 4) is 0 Å². The molecular formula is C45H55N2O16S4+. The lowest BCUT2D eigenvalue weighted by Gasteiger charge is -2.31. The van der Waals surface area contributed by atoms with Crippen molar-refractivity contribution in [2.45, 2.75) is 91.2 Å². The second-order valence-electron chi connectivity index (χ2n) is 17.4. The first-order chi connectivity index (χ1) is 31.1. The van der Waals surface area contributed by atoms with Crippen LogP contribution >= 0.6 is 0 Å². The number of hydrogen-bond donors (Lipinski definition) is 5. The predicted molar refractivity (Wildman–Crippen MR) is 251 cm³/mol. The number of hydrogen-bond acceptors (Lipinski definition) is 12. The van der Waals surface area contributed by atoms with E-state index in [1.54, 1.807) is 25.1 Å². The van der Waals surface area contributed by atoms with Crippen molar-refractivity contribution in [1.82, 2.24) is 0 Å². The van der Waals surface area contributed by atoms with E-state index < -0.39 is 72.8 Å². The average molecular weight is 1010 g/mol.